The van der Waals surface area contributed by atoms with Crippen molar-refractivity contribution >= 4 is 29.3 Å². The van der Waals surface area contributed by atoms with Crippen LogP contribution in [0.15, 0.2) is 29.2 Å². The third-order valence-corrected chi connectivity index (χ3v) is 2.81. The number of nitro groups is 1. The van der Waals surface area contributed by atoms with E-state index in [1.54, 1.807) is 12.1 Å². The number of hydrazine groups is 1. The number of benzene rings is 1. The molecule has 0 saturated heterocycles. The van der Waals surface area contributed by atoms with Crippen molar-refractivity contribution in [3.05, 3.63) is 34.4 Å². The zero-order valence-electron chi connectivity index (χ0n) is 9.50. The number of amides is 2. The third kappa shape index (κ3) is 4.83. The summed E-state index contributed by atoms with van der Waals surface area (Å²) in [7, 11) is 0. The number of hydrogen-bond donors (Lipinski definition) is 2. The first-order chi connectivity index (χ1) is 8.49. The van der Waals surface area contributed by atoms with E-state index in [2.05, 4.69) is 10.9 Å². The van der Waals surface area contributed by atoms with Crippen molar-refractivity contribution in [1.29, 1.82) is 0 Å². The maximum atomic E-state index is 11.2. The lowest BCUT2D eigenvalue weighted by atomic mass is 10.3. The summed E-state index contributed by atoms with van der Waals surface area (Å²) >= 11 is 1.21. The summed E-state index contributed by atoms with van der Waals surface area (Å²) in [5.41, 5.74) is 4.38. The van der Waals surface area contributed by atoms with E-state index in [1.165, 1.54) is 30.8 Å². The maximum absolute atomic E-state index is 11.2. The Hall–Kier alpha value is -2.09. The van der Waals surface area contributed by atoms with Crippen molar-refractivity contribution in [2.24, 2.45) is 0 Å². The number of non-ortho nitro benzene ring substituents is 1. The molecule has 0 spiro atoms. The molecule has 96 valence electrons. The summed E-state index contributed by atoms with van der Waals surface area (Å²) in [5, 5.41) is 10.4. The third-order valence-electron chi connectivity index (χ3n) is 1.80. The van der Waals surface area contributed by atoms with Crippen molar-refractivity contribution in [1.82, 2.24) is 10.9 Å². The second kappa shape index (κ2) is 6.60. The molecule has 1 rings (SSSR count). The number of nitrogens with zero attached hydrogens (tertiary/aromatic N) is 1. The second-order valence-electron chi connectivity index (χ2n) is 3.27. The van der Waals surface area contributed by atoms with Crippen LogP contribution < -0.4 is 10.9 Å². The van der Waals surface area contributed by atoms with Crippen LogP contribution in [0, 0.1) is 10.1 Å². The van der Waals surface area contributed by atoms with Crippen LogP contribution in [0.5, 0.6) is 0 Å². The molecule has 0 bridgehead atoms. The molecule has 0 aliphatic rings. The predicted octanol–water partition coefficient (Wildman–Crippen LogP) is 0.854. The quantitative estimate of drug-likeness (QED) is 0.479. The molecule has 2 N–H and O–H groups in total. The second-order valence-corrected chi connectivity index (χ2v) is 4.32. The van der Waals surface area contributed by atoms with Crippen LogP contribution in [-0.2, 0) is 9.59 Å². The largest absolute Gasteiger partial charge is 0.274 e. The lowest BCUT2D eigenvalue weighted by molar-refractivity contribution is -0.384. The minimum Gasteiger partial charge on any atom is -0.274 e. The molecule has 0 aliphatic carbocycles. The zero-order chi connectivity index (χ0) is 13.5. The molecule has 0 saturated carbocycles. The SMILES string of the molecule is CC(=O)NNC(=O)CSc1ccc([N+](=O)[O-])cc1. The Morgan fingerprint density at radius 2 is 1.89 bits per heavy atom. The van der Waals surface area contributed by atoms with Crippen molar-refractivity contribution in [3.63, 3.8) is 0 Å². The smallest absolute Gasteiger partial charge is 0.269 e. The lowest BCUT2D eigenvalue weighted by Crippen LogP contribution is -2.41. The van der Waals surface area contributed by atoms with Crippen molar-refractivity contribution in [2.45, 2.75) is 11.8 Å². The van der Waals surface area contributed by atoms with Crippen LogP contribution in [-0.4, -0.2) is 22.5 Å². The van der Waals surface area contributed by atoms with Crippen molar-refractivity contribution in [2.75, 3.05) is 5.75 Å². The lowest BCUT2D eigenvalue weighted by Gasteiger charge is -2.04. The highest BCUT2D eigenvalue weighted by molar-refractivity contribution is 8.00. The van der Waals surface area contributed by atoms with Gasteiger partial charge in [-0.2, -0.15) is 0 Å². The van der Waals surface area contributed by atoms with E-state index in [9.17, 15) is 19.7 Å². The molecular formula is C10H11N3O4S. The Kier molecular flexibility index (Phi) is 5.12. The fraction of sp³-hybridized carbons (Fsp3) is 0.200. The van der Waals surface area contributed by atoms with Gasteiger partial charge in [0, 0.05) is 24.0 Å². The van der Waals surface area contributed by atoms with Gasteiger partial charge in [0.25, 0.3) is 5.69 Å². The predicted molar refractivity (Wildman–Crippen MR) is 65.8 cm³/mol. The summed E-state index contributed by atoms with van der Waals surface area (Å²) in [6.45, 7) is 1.28. The Morgan fingerprint density at radius 1 is 1.28 bits per heavy atom. The van der Waals surface area contributed by atoms with E-state index < -0.39 is 4.92 Å². The van der Waals surface area contributed by atoms with Crippen LogP contribution in [0.25, 0.3) is 0 Å². The van der Waals surface area contributed by atoms with Gasteiger partial charge in [-0.1, -0.05) is 0 Å². The van der Waals surface area contributed by atoms with E-state index in [-0.39, 0.29) is 23.3 Å². The first kappa shape index (κ1) is 14.0. The number of hydrogen-bond acceptors (Lipinski definition) is 5. The summed E-state index contributed by atoms with van der Waals surface area (Å²) in [4.78, 5) is 32.4. The Balaban J connectivity index is 2.41. The summed E-state index contributed by atoms with van der Waals surface area (Å²) in [6.07, 6.45) is 0. The van der Waals surface area contributed by atoms with Gasteiger partial charge in [0.05, 0.1) is 10.7 Å². The molecule has 0 unspecified atom stereocenters. The van der Waals surface area contributed by atoms with Gasteiger partial charge in [-0.25, -0.2) is 0 Å². The first-order valence-corrected chi connectivity index (χ1v) is 5.90. The topological polar surface area (TPSA) is 101 Å². The van der Waals surface area contributed by atoms with Crippen LogP contribution in [0.1, 0.15) is 6.92 Å². The number of thioether (sulfide) groups is 1. The zero-order valence-corrected chi connectivity index (χ0v) is 10.3. The van der Waals surface area contributed by atoms with Gasteiger partial charge < -0.3 is 0 Å². The summed E-state index contributed by atoms with van der Waals surface area (Å²) in [5.74, 6) is -0.602. The Morgan fingerprint density at radius 3 is 2.39 bits per heavy atom. The molecule has 0 aromatic heterocycles. The van der Waals surface area contributed by atoms with E-state index >= 15 is 0 Å². The summed E-state index contributed by atoms with van der Waals surface area (Å²) in [6, 6.07) is 5.87. The maximum Gasteiger partial charge on any atom is 0.269 e. The Bertz CT molecular complexity index is 461. The first-order valence-electron chi connectivity index (χ1n) is 4.91. The molecule has 0 heterocycles. The van der Waals surface area contributed by atoms with Crippen LogP contribution in [0.4, 0.5) is 5.69 Å². The minimum absolute atomic E-state index is 0.00190. The van der Waals surface area contributed by atoms with Crippen molar-refractivity contribution < 1.29 is 14.5 Å². The normalized spacial score (nSPS) is 9.61. The standard InChI is InChI=1S/C10H11N3O4S/c1-7(14)11-12-10(15)6-18-9-4-2-8(3-5-9)13(16)17/h2-5H,6H2,1H3,(H,11,14)(H,12,15). The highest BCUT2D eigenvalue weighted by atomic mass is 32.2. The van der Waals surface area contributed by atoms with E-state index in [0.29, 0.717) is 0 Å². The van der Waals surface area contributed by atoms with Crippen molar-refractivity contribution in [3.8, 4) is 0 Å². The monoisotopic (exact) mass is 269 g/mol. The molecule has 8 heteroatoms. The van der Waals surface area contributed by atoms with Gasteiger partial charge in [-0.15, -0.1) is 11.8 Å². The highest BCUT2D eigenvalue weighted by Crippen LogP contribution is 2.20. The number of nitrogens with one attached hydrogen (secondary N) is 2. The molecular weight excluding hydrogens is 258 g/mol. The number of carbonyl (C=O) groups is 2. The van der Waals surface area contributed by atoms with Gasteiger partial charge in [0.1, 0.15) is 0 Å². The molecule has 0 atom stereocenters. The summed E-state index contributed by atoms with van der Waals surface area (Å²) < 4.78 is 0. The average Bonchev–Trinajstić information content (AvgIpc) is 2.34. The van der Waals surface area contributed by atoms with Gasteiger partial charge in [-0.3, -0.25) is 30.6 Å². The fourth-order valence-corrected chi connectivity index (χ4v) is 1.71. The van der Waals surface area contributed by atoms with Crippen LogP contribution >= 0.6 is 11.8 Å². The number of rotatable bonds is 4. The molecule has 2 amide bonds. The van der Waals surface area contributed by atoms with Crippen LogP contribution in [0.3, 0.4) is 0 Å². The highest BCUT2D eigenvalue weighted by Gasteiger charge is 2.06. The van der Waals surface area contributed by atoms with E-state index in [1.807, 2.05) is 0 Å². The molecule has 1 aromatic rings. The molecule has 7 nitrogen and oxygen atoms in total. The van der Waals surface area contributed by atoms with E-state index in [0.717, 1.165) is 4.90 Å². The average molecular weight is 269 g/mol. The molecule has 0 radical (unpaired) electrons. The van der Waals surface area contributed by atoms with Gasteiger partial charge in [0.2, 0.25) is 11.8 Å². The van der Waals surface area contributed by atoms with Gasteiger partial charge in [0.15, 0.2) is 0 Å². The van der Waals surface area contributed by atoms with Crippen LogP contribution in [0.2, 0.25) is 0 Å². The molecule has 1 aromatic carbocycles. The van der Waals surface area contributed by atoms with Gasteiger partial charge >= 0.3 is 0 Å². The Labute approximate surface area is 107 Å². The number of carbonyl (C=O) groups excluding carboxylic acids is 2. The minimum atomic E-state index is -0.488. The van der Waals surface area contributed by atoms with E-state index in [4.69, 9.17) is 0 Å². The number of nitro benzene ring substituents is 1. The fourth-order valence-electron chi connectivity index (χ4n) is 1.01. The molecule has 0 aliphatic heterocycles. The van der Waals surface area contributed by atoms with Gasteiger partial charge in [-0.05, 0) is 12.1 Å². The molecule has 18 heavy (non-hydrogen) atoms. The molecule has 0 fully saturated rings.